The quantitative estimate of drug-likeness (QED) is 0.882. The van der Waals surface area contributed by atoms with Crippen LogP contribution >= 0.6 is 0 Å². The minimum Gasteiger partial charge on any atom is -0.481 e. The number of aryl methyl sites for hydroxylation is 2. The zero-order valence-electron chi connectivity index (χ0n) is 13.6. The number of carboxylic acid groups (broad SMARTS) is 1. The topological polar surface area (TPSA) is 66.4 Å². The van der Waals surface area contributed by atoms with Gasteiger partial charge in [0.25, 0.3) is 5.91 Å². The summed E-state index contributed by atoms with van der Waals surface area (Å²) < 4.78 is 0. The van der Waals surface area contributed by atoms with E-state index in [1.54, 1.807) is 19.1 Å². The number of carboxylic acids is 1. The van der Waals surface area contributed by atoms with E-state index in [-0.39, 0.29) is 5.91 Å². The number of hydrogen-bond acceptors (Lipinski definition) is 2. The monoisotopic (exact) mass is 311 g/mol. The highest BCUT2D eigenvalue weighted by Crippen LogP contribution is 2.16. The van der Waals surface area contributed by atoms with E-state index in [1.165, 1.54) is 0 Å². The van der Waals surface area contributed by atoms with E-state index in [0.717, 1.165) is 16.7 Å². The molecule has 120 valence electrons. The van der Waals surface area contributed by atoms with Gasteiger partial charge in [-0.25, -0.2) is 0 Å². The third-order valence-electron chi connectivity index (χ3n) is 3.66. The number of nitrogens with one attached hydrogen (secondary N) is 1. The number of carbonyl (C=O) groups is 2. The molecule has 0 saturated heterocycles. The molecule has 1 amide bonds. The van der Waals surface area contributed by atoms with E-state index in [0.29, 0.717) is 17.7 Å². The van der Waals surface area contributed by atoms with Gasteiger partial charge in [0.15, 0.2) is 0 Å². The molecule has 0 radical (unpaired) electrons. The molecule has 0 aliphatic rings. The van der Waals surface area contributed by atoms with Gasteiger partial charge >= 0.3 is 5.97 Å². The second-order valence-corrected chi connectivity index (χ2v) is 5.97. The normalized spacial score (nSPS) is 11.8. The number of benzene rings is 2. The second kappa shape index (κ2) is 7.09. The highest BCUT2D eigenvalue weighted by atomic mass is 16.4. The largest absolute Gasteiger partial charge is 0.481 e. The number of amides is 1. The summed E-state index contributed by atoms with van der Waals surface area (Å²) in [5.41, 5.74) is 4.36. The highest BCUT2D eigenvalue weighted by molar-refractivity contribution is 6.04. The van der Waals surface area contributed by atoms with Gasteiger partial charge in [0.2, 0.25) is 0 Å². The van der Waals surface area contributed by atoms with E-state index < -0.39 is 11.9 Å². The van der Waals surface area contributed by atoms with Crippen molar-refractivity contribution in [3.63, 3.8) is 0 Å². The first-order chi connectivity index (χ1) is 10.8. The van der Waals surface area contributed by atoms with E-state index in [9.17, 15) is 9.59 Å². The Morgan fingerprint density at radius 2 is 1.61 bits per heavy atom. The van der Waals surface area contributed by atoms with Crippen LogP contribution in [0.4, 0.5) is 5.69 Å². The van der Waals surface area contributed by atoms with Crippen molar-refractivity contribution in [3.8, 4) is 0 Å². The molecule has 4 nitrogen and oxygen atoms in total. The lowest BCUT2D eigenvalue weighted by Gasteiger charge is -2.09. The Morgan fingerprint density at radius 3 is 2.13 bits per heavy atom. The maximum absolute atomic E-state index is 12.3. The van der Waals surface area contributed by atoms with Crippen LogP contribution in [0.15, 0.2) is 42.5 Å². The van der Waals surface area contributed by atoms with Crippen LogP contribution in [0.1, 0.15) is 34.0 Å². The molecular formula is C19H21NO3. The van der Waals surface area contributed by atoms with Crippen molar-refractivity contribution in [2.24, 2.45) is 5.92 Å². The fourth-order valence-corrected chi connectivity index (χ4v) is 2.47. The smallest absolute Gasteiger partial charge is 0.306 e. The Labute approximate surface area is 136 Å². The summed E-state index contributed by atoms with van der Waals surface area (Å²) >= 11 is 0. The Morgan fingerprint density at radius 1 is 1.04 bits per heavy atom. The summed E-state index contributed by atoms with van der Waals surface area (Å²) in [4.78, 5) is 23.2. The fourth-order valence-electron chi connectivity index (χ4n) is 2.47. The third-order valence-corrected chi connectivity index (χ3v) is 3.66. The summed E-state index contributed by atoms with van der Waals surface area (Å²) in [5, 5.41) is 11.8. The van der Waals surface area contributed by atoms with Crippen LogP contribution in [0.5, 0.6) is 0 Å². The molecule has 0 aromatic heterocycles. The number of carbonyl (C=O) groups excluding carboxylic acids is 1. The Bertz CT molecular complexity index is 700. The minimum absolute atomic E-state index is 0.150. The molecule has 2 N–H and O–H groups in total. The van der Waals surface area contributed by atoms with E-state index >= 15 is 0 Å². The minimum atomic E-state index is -0.808. The fraction of sp³-hybridized carbons (Fsp3) is 0.263. The van der Waals surface area contributed by atoms with Crippen molar-refractivity contribution in [1.82, 2.24) is 0 Å². The first kappa shape index (κ1) is 16.7. The van der Waals surface area contributed by atoms with Crippen molar-refractivity contribution in [3.05, 3.63) is 64.7 Å². The third kappa shape index (κ3) is 4.68. The second-order valence-electron chi connectivity index (χ2n) is 5.97. The van der Waals surface area contributed by atoms with Gasteiger partial charge in [-0.15, -0.1) is 0 Å². The van der Waals surface area contributed by atoms with Crippen LogP contribution in [0, 0.1) is 19.8 Å². The molecule has 0 spiro atoms. The van der Waals surface area contributed by atoms with Crippen molar-refractivity contribution in [1.29, 1.82) is 0 Å². The van der Waals surface area contributed by atoms with E-state index in [2.05, 4.69) is 5.32 Å². The maximum atomic E-state index is 12.3. The summed E-state index contributed by atoms with van der Waals surface area (Å²) in [5.74, 6) is -1.38. The molecule has 4 heteroatoms. The van der Waals surface area contributed by atoms with Crippen LogP contribution in [0.25, 0.3) is 0 Å². The Kier molecular flexibility index (Phi) is 5.16. The van der Waals surface area contributed by atoms with Gasteiger partial charge in [-0.2, -0.15) is 0 Å². The van der Waals surface area contributed by atoms with Crippen molar-refractivity contribution < 1.29 is 14.7 Å². The average Bonchev–Trinajstić information content (AvgIpc) is 2.48. The van der Waals surface area contributed by atoms with Crippen LogP contribution in [0.2, 0.25) is 0 Å². The molecule has 2 aromatic carbocycles. The first-order valence-electron chi connectivity index (χ1n) is 7.56. The molecule has 0 fully saturated rings. The summed E-state index contributed by atoms with van der Waals surface area (Å²) in [6, 6.07) is 13.0. The van der Waals surface area contributed by atoms with E-state index in [4.69, 9.17) is 5.11 Å². The summed E-state index contributed by atoms with van der Waals surface area (Å²) in [6.45, 7) is 5.60. The van der Waals surface area contributed by atoms with Crippen molar-refractivity contribution in [2.45, 2.75) is 27.2 Å². The molecule has 0 aliphatic carbocycles. The molecule has 0 bridgehead atoms. The predicted octanol–water partition coefficient (Wildman–Crippen LogP) is 3.82. The van der Waals surface area contributed by atoms with Crippen LogP contribution in [-0.2, 0) is 11.2 Å². The molecule has 23 heavy (non-hydrogen) atoms. The Balaban J connectivity index is 2.05. The lowest BCUT2D eigenvalue weighted by molar-refractivity contribution is -0.141. The summed E-state index contributed by atoms with van der Waals surface area (Å²) in [7, 11) is 0. The molecule has 0 heterocycles. The lowest BCUT2D eigenvalue weighted by atomic mass is 10.0. The van der Waals surface area contributed by atoms with Crippen LogP contribution in [-0.4, -0.2) is 17.0 Å². The molecule has 0 saturated carbocycles. The maximum Gasteiger partial charge on any atom is 0.306 e. The SMILES string of the molecule is Cc1cc(C)cc(C(=O)Nc2ccc(CC(C)C(=O)O)cc2)c1. The van der Waals surface area contributed by atoms with Gasteiger partial charge in [-0.05, 0) is 50.1 Å². The lowest BCUT2D eigenvalue weighted by Crippen LogP contribution is -2.13. The number of aliphatic carboxylic acids is 1. The first-order valence-corrected chi connectivity index (χ1v) is 7.56. The van der Waals surface area contributed by atoms with Crippen molar-refractivity contribution in [2.75, 3.05) is 5.32 Å². The molecule has 1 atom stereocenters. The zero-order valence-corrected chi connectivity index (χ0v) is 13.6. The average molecular weight is 311 g/mol. The number of hydrogen-bond donors (Lipinski definition) is 2. The van der Waals surface area contributed by atoms with E-state index in [1.807, 2.05) is 44.2 Å². The molecule has 1 unspecified atom stereocenters. The van der Waals surface area contributed by atoms with Gasteiger partial charge in [-0.3, -0.25) is 9.59 Å². The van der Waals surface area contributed by atoms with Gasteiger partial charge < -0.3 is 10.4 Å². The molecular weight excluding hydrogens is 290 g/mol. The van der Waals surface area contributed by atoms with Gasteiger partial charge in [0.05, 0.1) is 5.92 Å². The zero-order chi connectivity index (χ0) is 17.0. The van der Waals surface area contributed by atoms with Gasteiger partial charge in [-0.1, -0.05) is 36.2 Å². The molecule has 0 aliphatic heterocycles. The van der Waals surface area contributed by atoms with Crippen LogP contribution in [0.3, 0.4) is 0 Å². The predicted molar refractivity (Wildman–Crippen MR) is 90.8 cm³/mol. The standard InChI is InChI=1S/C19H21NO3/c1-12-8-13(2)10-16(9-12)18(21)20-17-6-4-15(5-7-17)11-14(3)19(22)23/h4-10,14H,11H2,1-3H3,(H,20,21)(H,22,23). The van der Waals surface area contributed by atoms with Crippen molar-refractivity contribution >= 4 is 17.6 Å². The molecule has 2 aromatic rings. The molecule has 2 rings (SSSR count). The van der Waals surface area contributed by atoms with Gasteiger partial charge in [0.1, 0.15) is 0 Å². The highest BCUT2D eigenvalue weighted by Gasteiger charge is 2.12. The Hall–Kier alpha value is -2.62. The van der Waals surface area contributed by atoms with Gasteiger partial charge in [0, 0.05) is 11.3 Å². The number of anilines is 1. The van der Waals surface area contributed by atoms with Crippen LogP contribution < -0.4 is 5.32 Å². The number of rotatable bonds is 5. The summed E-state index contributed by atoms with van der Waals surface area (Å²) in [6.07, 6.45) is 0.473.